The molecule has 0 amide bonds. The van der Waals surface area contributed by atoms with Crippen molar-refractivity contribution in [2.75, 3.05) is 5.32 Å². The molecule has 0 fully saturated rings. The van der Waals surface area contributed by atoms with Gasteiger partial charge in [0, 0.05) is 5.69 Å². The third kappa shape index (κ3) is 3.27. The van der Waals surface area contributed by atoms with Crippen molar-refractivity contribution in [1.82, 2.24) is 24.5 Å². The number of nitrogens with one attached hydrogen (secondary N) is 2. The number of hydrogen-bond acceptors (Lipinski definition) is 5. The largest absolute Gasteiger partial charge is 0.360 e. The number of H-pyrrole nitrogens is 1. The number of rotatable bonds is 5. The zero-order valence-corrected chi connectivity index (χ0v) is 17.0. The molecule has 0 saturated heterocycles. The molecule has 32 heavy (non-hydrogen) atoms. The average molecular weight is 432 g/mol. The minimum atomic E-state index is -0.626. The first-order chi connectivity index (χ1) is 15.6. The maximum Gasteiger partial charge on any atom is 0.266 e. The van der Waals surface area contributed by atoms with Crippen LogP contribution in [-0.2, 0) is 0 Å². The Morgan fingerprint density at radius 1 is 1.09 bits per heavy atom. The number of pyridine rings is 1. The second-order valence-corrected chi connectivity index (χ2v) is 7.32. The summed E-state index contributed by atoms with van der Waals surface area (Å²) in [7, 11) is 0. The SMILES string of the molecule is CC[C@H](Nc1ncnc2[nH]cnc12)c1cc2cccc(F)c2c(=O)n1-c1cccc(F)c1. The van der Waals surface area contributed by atoms with E-state index in [4.69, 9.17) is 0 Å². The zero-order valence-electron chi connectivity index (χ0n) is 17.0. The second kappa shape index (κ2) is 7.84. The number of benzene rings is 2. The number of fused-ring (bicyclic) bond motifs is 2. The maximum absolute atomic E-state index is 14.6. The van der Waals surface area contributed by atoms with Gasteiger partial charge in [0.05, 0.1) is 23.4 Å². The van der Waals surface area contributed by atoms with Gasteiger partial charge in [-0.2, -0.15) is 0 Å². The van der Waals surface area contributed by atoms with Crippen LogP contribution in [0.2, 0.25) is 0 Å². The molecule has 3 heterocycles. The van der Waals surface area contributed by atoms with Crippen molar-refractivity contribution in [2.45, 2.75) is 19.4 Å². The Kier molecular flexibility index (Phi) is 4.85. The molecule has 0 bridgehead atoms. The van der Waals surface area contributed by atoms with E-state index in [1.165, 1.54) is 41.5 Å². The Labute approximate surface area is 180 Å². The summed E-state index contributed by atoms with van der Waals surface area (Å²) >= 11 is 0. The Balaban J connectivity index is 1.75. The molecule has 0 unspecified atom stereocenters. The third-order valence-electron chi connectivity index (χ3n) is 5.38. The quantitative estimate of drug-likeness (QED) is 0.427. The molecule has 160 valence electrons. The number of aromatic amines is 1. The molecule has 0 saturated carbocycles. The molecule has 0 aliphatic heterocycles. The van der Waals surface area contributed by atoms with Gasteiger partial charge in [0.1, 0.15) is 23.5 Å². The summed E-state index contributed by atoms with van der Waals surface area (Å²) in [5.41, 5.74) is 1.42. The molecule has 3 aromatic heterocycles. The Morgan fingerprint density at radius 3 is 2.75 bits per heavy atom. The van der Waals surface area contributed by atoms with Crippen LogP contribution in [0.1, 0.15) is 25.1 Å². The molecular weight excluding hydrogens is 414 g/mol. The van der Waals surface area contributed by atoms with E-state index >= 15 is 0 Å². The van der Waals surface area contributed by atoms with Crippen molar-refractivity contribution in [3.05, 3.63) is 88.9 Å². The van der Waals surface area contributed by atoms with Gasteiger partial charge in [-0.3, -0.25) is 9.36 Å². The highest BCUT2D eigenvalue weighted by Crippen LogP contribution is 2.28. The molecule has 2 N–H and O–H groups in total. The minimum Gasteiger partial charge on any atom is -0.360 e. The van der Waals surface area contributed by atoms with E-state index in [-0.39, 0.29) is 5.39 Å². The fraction of sp³-hybridized carbons (Fsp3) is 0.130. The van der Waals surface area contributed by atoms with Crippen molar-refractivity contribution in [3.8, 4) is 5.69 Å². The summed E-state index contributed by atoms with van der Waals surface area (Å²) in [6.45, 7) is 1.94. The molecule has 0 aliphatic rings. The molecular formula is C23H18F2N6O. The van der Waals surface area contributed by atoms with E-state index in [1.54, 1.807) is 24.3 Å². The number of nitrogens with zero attached hydrogens (tertiary/aromatic N) is 4. The lowest BCUT2D eigenvalue weighted by atomic mass is 10.0. The van der Waals surface area contributed by atoms with Crippen molar-refractivity contribution in [3.63, 3.8) is 0 Å². The van der Waals surface area contributed by atoms with Crippen LogP contribution in [0.3, 0.4) is 0 Å². The predicted molar refractivity (Wildman–Crippen MR) is 118 cm³/mol. The summed E-state index contributed by atoms with van der Waals surface area (Å²) in [4.78, 5) is 29.1. The standard InChI is InChI=1S/C23H18F2N6O/c1-2-17(30-22-20-21(27-11-26-20)28-12-29-22)18-9-13-5-3-8-16(25)19(13)23(32)31(18)15-7-4-6-14(24)10-15/h3-12,17H,2H2,1H3,(H2,26,27,28,29,30)/t17-/m0/s1. The molecule has 5 rings (SSSR count). The number of imidazole rings is 1. The van der Waals surface area contributed by atoms with E-state index in [0.717, 1.165) is 0 Å². The first-order valence-corrected chi connectivity index (χ1v) is 10.1. The summed E-state index contributed by atoms with van der Waals surface area (Å²) in [5.74, 6) is -0.635. The van der Waals surface area contributed by atoms with Crippen molar-refractivity contribution >= 4 is 27.8 Å². The monoisotopic (exact) mass is 432 g/mol. The van der Waals surface area contributed by atoms with Gasteiger partial charge in [-0.25, -0.2) is 23.7 Å². The molecule has 0 spiro atoms. The van der Waals surface area contributed by atoms with Crippen LogP contribution in [0.4, 0.5) is 14.6 Å². The number of aromatic nitrogens is 5. The summed E-state index contributed by atoms with van der Waals surface area (Å²) in [5, 5.41) is 3.74. The average Bonchev–Trinajstić information content (AvgIpc) is 3.27. The Hall–Kier alpha value is -4.14. The Morgan fingerprint density at radius 2 is 1.94 bits per heavy atom. The van der Waals surface area contributed by atoms with Gasteiger partial charge in [0.15, 0.2) is 11.5 Å². The molecule has 0 radical (unpaired) electrons. The van der Waals surface area contributed by atoms with Crippen molar-refractivity contribution in [2.24, 2.45) is 0 Å². The molecule has 5 aromatic rings. The Bertz CT molecular complexity index is 1510. The third-order valence-corrected chi connectivity index (χ3v) is 5.38. The van der Waals surface area contributed by atoms with E-state index < -0.39 is 23.2 Å². The van der Waals surface area contributed by atoms with E-state index in [9.17, 15) is 13.6 Å². The fourth-order valence-corrected chi connectivity index (χ4v) is 3.90. The van der Waals surface area contributed by atoms with Crippen LogP contribution >= 0.6 is 0 Å². The van der Waals surface area contributed by atoms with E-state index in [1.807, 2.05) is 6.92 Å². The van der Waals surface area contributed by atoms with E-state index in [0.29, 0.717) is 40.2 Å². The van der Waals surface area contributed by atoms with Gasteiger partial charge in [-0.15, -0.1) is 0 Å². The van der Waals surface area contributed by atoms with Gasteiger partial charge in [0.25, 0.3) is 5.56 Å². The highest BCUT2D eigenvalue weighted by Gasteiger charge is 2.21. The minimum absolute atomic E-state index is 0.0490. The number of anilines is 1. The molecule has 2 aromatic carbocycles. The lowest BCUT2D eigenvalue weighted by Gasteiger charge is -2.23. The van der Waals surface area contributed by atoms with Gasteiger partial charge < -0.3 is 10.3 Å². The first-order valence-electron chi connectivity index (χ1n) is 10.1. The van der Waals surface area contributed by atoms with Crippen LogP contribution in [0.15, 0.2) is 66.0 Å². The second-order valence-electron chi connectivity index (χ2n) is 7.32. The van der Waals surface area contributed by atoms with Crippen LogP contribution in [-0.4, -0.2) is 24.5 Å². The van der Waals surface area contributed by atoms with Crippen LogP contribution < -0.4 is 10.9 Å². The number of hydrogen-bond donors (Lipinski definition) is 2. The van der Waals surface area contributed by atoms with Gasteiger partial charge in [-0.1, -0.05) is 25.1 Å². The van der Waals surface area contributed by atoms with Gasteiger partial charge in [-0.05, 0) is 42.1 Å². The van der Waals surface area contributed by atoms with Crippen molar-refractivity contribution in [1.29, 1.82) is 0 Å². The number of halogens is 2. The zero-order chi connectivity index (χ0) is 22.2. The van der Waals surface area contributed by atoms with Gasteiger partial charge >= 0.3 is 0 Å². The van der Waals surface area contributed by atoms with Crippen LogP contribution in [0.5, 0.6) is 0 Å². The molecule has 1 atom stereocenters. The van der Waals surface area contributed by atoms with E-state index in [2.05, 4.69) is 25.3 Å². The molecule has 9 heteroatoms. The first kappa shape index (κ1) is 19.8. The molecule has 0 aliphatic carbocycles. The molecule has 7 nitrogen and oxygen atoms in total. The van der Waals surface area contributed by atoms with Crippen molar-refractivity contribution < 1.29 is 8.78 Å². The van der Waals surface area contributed by atoms with Gasteiger partial charge in [0.2, 0.25) is 0 Å². The highest BCUT2D eigenvalue weighted by atomic mass is 19.1. The summed E-state index contributed by atoms with van der Waals surface area (Å²) in [6.07, 6.45) is 3.49. The fourth-order valence-electron chi connectivity index (χ4n) is 3.90. The normalized spacial score (nSPS) is 12.3. The van der Waals surface area contributed by atoms with Crippen LogP contribution in [0.25, 0.3) is 27.6 Å². The van der Waals surface area contributed by atoms with Crippen LogP contribution in [0, 0.1) is 11.6 Å². The lowest BCUT2D eigenvalue weighted by Crippen LogP contribution is -2.27. The summed E-state index contributed by atoms with van der Waals surface area (Å²) in [6, 6.07) is 11.5. The topological polar surface area (TPSA) is 88.5 Å². The predicted octanol–water partition coefficient (Wildman–Crippen LogP) is 4.50. The smallest absolute Gasteiger partial charge is 0.266 e. The summed E-state index contributed by atoms with van der Waals surface area (Å²) < 4.78 is 30.0. The maximum atomic E-state index is 14.6. The highest BCUT2D eigenvalue weighted by molar-refractivity contribution is 5.84. The lowest BCUT2D eigenvalue weighted by molar-refractivity contribution is 0.623.